The maximum atomic E-state index is 7.25. The molecule has 0 radical (unpaired) electrons. The van der Waals surface area contributed by atoms with Crippen molar-refractivity contribution in [2.45, 2.75) is 5.41 Å². The molecule has 0 saturated carbocycles. The number of benzene rings is 9. The molecule has 2 aliphatic rings. The van der Waals surface area contributed by atoms with Gasteiger partial charge < -0.3 is 9.47 Å². The molecule has 4 heteroatoms. The Morgan fingerprint density at radius 3 is 1.62 bits per heavy atom. The van der Waals surface area contributed by atoms with Gasteiger partial charge in [0.15, 0.2) is 28.8 Å². The van der Waals surface area contributed by atoms with Gasteiger partial charge in [-0.3, -0.25) is 0 Å². The van der Waals surface area contributed by atoms with E-state index in [4.69, 9.17) is 19.4 Å². The van der Waals surface area contributed by atoms with Crippen LogP contribution >= 0.6 is 0 Å². The second-order valence-corrected chi connectivity index (χ2v) is 15.6. The van der Waals surface area contributed by atoms with Crippen LogP contribution in [0.3, 0.4) is 0 Å². The third-order valence-electron chi connectivity index (χ3n) is 12.3. The van der Waals surface area contributed by atoms with E-state index in [1.165, 1.54) is 27.8 Å². The number of nitrogens with zero attached hydrogens (tertiary/aromatic N) is 2. The van der Waals surface area contributed by atoms with Crippen LogP contribution < -0.4 is 9.47 Å². The molecule has 1 aromatic heterocycles. The molecule has 1 aliphatic carbocycles. The molecular weight excluding hydrogens is 745 g/mol. The molecule has 0 N–H and O–H groups in total. The molecule has 0 fully saturated rings. The minimum absolute atomic E-state index is 0.548. The fourth-order valence-electron chi connectivity index (χ4n) is 9.62. The van der Waals surface area contributed by atoms with Crippen LogP contribution in [0.4, 0.5) is 0 Å². The first-order chi connectivity index (χ1) is 30.3. The molecule has 10 aromatic rings. The predicted octanol–water partition coefficient (Wildman–Crippen LogP) is 14.6. The van der Waals surface area contributed by atoms with Crippen molar-refractivity contribution in [1.82, 2.24) is 9.97 Å². The zero-order chi connectivity index (χ0) is 40.3. The van der Waals surface area contributed by atoms with Crippen LogP contribution in [0, 0.1) is 0 Å². The van der Waals surface area contributed by atoms with Crippen LogP contribution in [0.2, 0.25) is 0 Å². The van der Waals surface area contributed by atoms with E-state index < -0.39 is 5.41 Å². The highest BCUT2D eigenvalue weighted by Gasteiger charge is 2.48. The van der Waals surface area contributed by atoms with E-state index in [-0.39, 0.29) is 0 Å². The van der Waals surface area contributed by atoms with Gasteiger partial charge in [0.25, 0.3) is 0 Å². The van der Waals surface area contributed by atoms with E-state index in [0.29, 0.717) is 28.8 Å². The molecular formula is C57H36N2O2. The van der Waals surface area contributed by atoms with Crippen molar-refractivity contribution in [2.24, 2.45) is 0 Å². The molecule has 0 saturated heterocycles. The van der Waals surface area contributed by atoms with Gasteiger partial charge in [-0.1, -0.05) is 194 Å². The summed E-state index contributed by atoms with van der Waals surface area (Å²) < 4.78 is 14.1. The summed E-state index contributed by atoms with van der Waals surface area (Å²) in [6.07, 6.45) is 0. The van der Waals surface area contributed by atoms with Crippen molar-refractivity contribution >= 4 is 10.8 Å². The van der Waals surface area contributed by atoms with Crippen LogP contribution in [-0.2, 0) is 5.41 Å². The summed E-state index contributed by atoms with van der Waals surface area (Å²) in [6, 6.07) is 76.5. The monoisotopic (exact) mass is 780 g/mol. The van der Waals surface area contributed by atoms with Gasteiger partial charge in [0.1, 0.15) is 0 Å². The van der Waals surface area contributed by atoms with Gasteiger partial charge >= 0.3 is 0 Å². The summed E-state index contributed by atoms with van der Waals surface area (Å²) in [5.41, 5.74) is 13.0. The molecule has 0 spiro atoms. The number of fused-ring (bicyclic) bond motifs is 7. The maximum Gasteiger partial charge on any atom is 0.181 e. The average molecular weight is 781 g/mol. The Hall–Kier alpha value is -8.08. The number of rotatable bonds is 6. The first kappa shape index (κ1) is 34.9. The summed E-state index contributed by atoms with van der Waals surface area (Å²) >= 11 is 0. The van der Waals surface area contributed by atoms with Crippen LogP contribution in [-0.4, -0.2) is 9.97 Å². The summed E-state index contributed by atoms with van der Waals surface area (Å²) in [5.74, 6) is 3.09. The standard InChI is InChI=1S/C57H36N2O2/c1-5-18-37(19-6-1)41-32-33-44(43-27-14-13-26-42(41)43)50-36-49(38-20-7-2-8-21-38)58-56(59-50)46-29-17-31-51-54(46)61-55-52(60-51)35-34-48-53(55)45-28-15-16-30-47(45)57(48,39-22-9-3-10-23-39)40-24-11-4-12-25-40/h1-36H. The van der Waals surface area contributed by atoms with Gasteiger partial charge in [0, 0.05) is 16.7 Å². The third-order valence-corrected chi connectivity index (χ3v) is 12.3. The molecule has 4 nitrogen and oxygen atoms in total. The van der Waals surface area contributed by atoms with Gasteiger partial charge in [0.05, 0.1) is 22.4 Å². The minimum atomic E-state index is -0.576. The summed E-state index contributed by atoms with van der Waals surface area (Å²) in [4.78, 5) is 10.7. The van der Waals surface area contributed by atoms with E-state index >= 15 is 0 Å². The van der Waals surface area contributed by atoms with E-state index in [2.05, 4.69) is 182 Å². The van der Waals surface area contributed by atoms with Crippen LogP contribution in [0.25, 0.3) is 66.9 Å². The lowest BCUT2D eigenvalue weighted by Gasteiger charge is -2.34. The van der Waals surface area contributed by atoms with E-state index in [1.54, 1.807) is 0 Å². The first-order valence-corrected chi connectivity index (χ1v) is 20.7. The highest BCUT2D eigenvalue weighted by Crippen LogP contribution is 2.62. The fraction of sp³-hybridized carbons (Fsp3) is 0.0175. The van der Waals surface area contributed by atoms with Gasteiger partial charge in [-0.05, 0) is 74.0 Å². The molecule has 0 amide bonds. The Morgan fingerprint density at radius 2 is 0.902 bits per heavy atom. The van der Waals surface area contributed by atoms with E-state index in [9.17, 15) is 0 Å². The fourth-order valence-corrected chi connectivity index (χ4v) is 9.62. The molecule has 0 atom stereocenters. The summed E-state index contributed by atoms with van der Waals surface area (Å²) in [7, 11) is 0. The van der Waals surface area contributed by atoms with Crippen molar-refractivity contribution in [3.8, 4) is 79.2 Å². The van der Waals surface area contributed by atoms with Gasteiger partial charge in [0.2, 0.25) is 0 Å². The summed E-state index contributed by atoms with van der Waals surface area (Å²) in [5, 5.41) is 2.28. The Labute approximate surface area is 354 Å². The summed E-state index contributed by atoms with van der Waals surface area (Å²) in [6.45, 7) is 0. The van der Waals surface area contributed by atoms with Gasteiger partial charge in [-0.2, -0.15) is 0 Å². The average Bonchev–Trinajstić information content (AvgIpc) is 3.65. The number of ether oxygens (including phenoxy) is 2. The lowest BCUT2D eigenvalue weighted by Crippen LogP contribution is -2.28. The van der Waals surface area contributed by atoms with Gasteiger partial charge in [-0.25, -0.2) is 9.97 Å². The maximum absolute atomic E-state index is 7.25. The lowest BCUT2D eigenvalue weighted by molar-refractivity contribution is 0.361. The Bertz CT molecular complexity index is 3250. The van der Waals surface area contributed by atoms with Crippen LogP contribution in [0.1, 0.15) is 22.3 Å². The Kier molecular flexibility index (Phi) is 8.04. The number of aromatic nitrogens is 2. The SMILES string of the molecule is c1ccc(-c2cc(-c3ccc(-c4ccccc4)c4ccccc34)nc(-c3cccc4c3Oc3c(ccc5c3-c3ccccc3C5(c3ccccc3)c3ccccc3)O4)n2)cc1. The molecule has 0 unspecified atom stereocenters. The van der Waals surface area contributed by atoms with Crippen molar-refractivity contribution in [2.75, 3.05) is 0 Å². The van der Waals surface area contributed by atoms with E-state index in [1.807, 2.05) is 36.4 Å². The van der Waals surface area contributed by atoms with Crippen molar-refractivity contribution in [3.63, 3.8) is 0 Å². The molecule has 1 aliphatic heterocycles. The molecule has 9 aromatic carbocycles. The van der Waals surface area contributed by atoms with Crippen LogP contribution in [0.15, 0.2) is 218 Å². The number of hydrogen-bond donors (Lipinski definition) is 0. The molecule has 12 rings (SSSR count). The van der Waals surface area contributed by atoms with Crippen molar-refractivity contribution in [1.29, 1.82) is 0 Å². The van der Waals surface area contributed by atoms with Crippen molar-refractivity contribution in [3.05, 3.63) is 241 Å². The quantitative estimate of drug-likeness (QED) is 0.169. The third kappa shape index (κ3) is 5.46. The molecule has 61 heavy (non-hydrogen) atoms. The smallest absolute Gasteiger partial charge is 0.181 e. The largest absolute Gasteiger partial charge is 0.449 e. The zero-order valence-corrected chi connectivity index (χ0v) is 33.0. The highest BCUT2D eigenvalue weighted by molar-refractivity contribution is 6.05. The normalized spacial score (nSPS) is 13.0. The van der Waals surface area contributed by atoms with E-state index in [0.717, 1.165) is 55.5 Å². The minimum Gasteiger partial charge on any atom is -0.449 e. The van der Waals surface area contributed by atoms with Gasteiger partial charge in [-0.15, -0.1) is 0 Å². The highest BCUT2D eigenvalue weighted by atomic mass is 16.6. The topological polar surface area (TPSA) is 44.2 Å². The second-order valence-electron chi connectivity index (χ2n) is 15.6. The first-order valence-electron chi connectivity index (χ1n) is 20.7. The molecule has 2 heterocycles. The zero-order valence-electron chi connectivity index (χ0n) is 33.0. The number of hydrogen-bond acceptors (Lipinski definition) is 4. The number of para-hydroxylation sites is 1. The molecule has 0 bridgehead atoms. The molecule has 286 valence electrons. The second kappa shape index (κ2) is 14.0. The lowest BCUT2D eigenvalue weighted by atomic mass is 9.68. The Morgan fingerprint density at radius 1 is 0.344 bits per heavy atom. The Balaban J connectivity index is 1.05. The predicted molar refractivity (Wildman–Crippen MR) is 245 cm³/mol. The van der Waals surface area contributed by atoms with Crippen molar-refractivity contribution < 1.29 is 9.47 Å². The van der Waals surface area contributed by atoms with Crippen LogP contribution in [0.5, 0.6) is 23.0 Å².